The molecule has 0 aliphatic rings. The molecule has 0 fully saturated rings. The van der Waals surface area contributed by atoms with E-state index in [0.29, 0.717) is 6.61 Å². The number of esters is 2. The molecule has 0 aromatic heterocycles. The zero-order valence-corrected chi connectivity index (χ0v) is 21.0. The molecule has 0 heterocycles. The largest absolute Gasteiger partial charge is 0.493 e. The van der Waals surface area contributed by atoms with Crippen molar-refractivity contribution in [3.8, 4) is 17.2 Å². The van der Waals surface area contributed by atoms with Crippen LogP contribution in [0.5, 0.6) is 17.2 Å². The van der Waals surface area contributed by atoms with Crippen molar-refractivity contribution in [1.82, 2.24) is 0 Å². The lowest BCUT2D eigenvalue weighted by Crippen LogP contribution is -2.14. The summed E-state index contributed by atoms with van der Waals surface area (Å²) in [5.74, 6) is -1.71. The lowest BCUT2D eigenvalue weighted by atomic mass is 10.1. The van der Waals surface area contributed by atoms with Crippen LogP contribution in [0.25, 0.3) is 0 Å². The van der Waals surface area contributed by atoms with Crippen molar-refractivity contribution in [1.29, 1.82) is 0 Å². The maximum absolute atomic E-state index is 13.2. The van der Waals surface area contributed by atoms with Gasteiger partial charge < -0.3 is 14.2 Å². The van der Waals surface area contributed by atoms with E-state index in [0.717, 1.165) is 19.3 Å². The van der Waals surface area contributed by atoms with Crippen molar-refractivity contribution >= 4 is 11.9 Å². The summed E-state index contributed by atoms with van der Waals surface area (Å²) in [5.41, 5.74) is 0.288. The Balaban J connectivity index is 1.66. The number of hydrogen-bond donors (Lipinski definition) is 0. The normalized spacial score (nSPS) is 10.7. The van der Waals surface area contributed by atoms with Gasteiger partial charge in [-0.2, -0.15) is 0 Å². The Morgan fingerprint density at radius 2 is 1.16 bits per heavy atom. The molecule has 0 N–H and O–H groups in total. The van der Waals surface area contributed by atoms with E-state index >= 15 is 0 Å². The van der Waals surface area contributed by atoms with Gasteiger partial charge in [-0.15, -0.1) is 0 Å². The Hall–Kier alpha value is -3.74. The highest BCUT2D eigenvalue weighted by atomic mass is 19.1. The molecule has 3 aromatic carbocycles. The second-order valence-corrected chi connectivity index (χ2v) is 8.72. The molecule has 37 heavy (non-hydrogen) atoms. The maximum atomic E-state index is 13.2. The lowest BCUT2D eigenvalue weighted by molar-refractivity contribution is 0.0716. The van der Waals surface area contributed by atoms with Crippen LogP contribution < -0.4 is 14.2 Å². The fourth-order valence-corrected chi connectivity index (χ4v) is 3.69. The molecule has 5 nitrogen and oxygen atoms in total. The summed E-state index contributed by atoms with van der Waals surface area (Å²) in [6, 6.07) is 14.4. The summed E-state index contributed by atoms with van der Waals surface area (Å²) in [4.78, 5) is 25.5. The van der Waals surface area contributed by atoms with Crippen molar-refractivity contribution in [2.24, 2.45) is 0 Å². The summed E-state index contributed by atoms with van der Waals surface area (Å²) in [7, 11) is 0. The van der Waals surface area contributed by atoms with E-state index in [1.165, 1.54) is 98.8 Å². The van der Waals surface area contributed by atoms with Crippen LogP contribution in [0.4, 0.5) is 8.78 Å². The minimum atomic E-state index is -0.698. The average Bonchev–Trinajstić information content (AvgIpc) is 2.90. The van der Waals surface area contributed by atoms with E-state index in [9.17, 15) is 18.4 Å². The molecule has 0 saturated heterocycles. The summed E-state index contributed by atoms with van der Waals surface area (Å²) in [6.07, 6.45) is 9.05. The summed E-state index contributed by atoms with van der Waals surface area (Å²) in [5, 5.41) is 0. The first-order valence-electron chi connectivity index (χ1n) is 12.7. The van der Waals surface area contributed by atoms with Crippen molar-refractivity contribution in [3.05, 3.63) is 89.5 Å². The number of hydrogen-bond acceptors (Lipinski definition) is 5. The number of ether oxygens (including phenoxy) is 3. The second kappa shape index (κ2) is 14.7. The van der Waals surface area contributed by atoms with Crippen LogP contribution in [0.3, 0.4) is 0 Å². The molecule has 3 aromatic rings. The van der Waals surface area contributed by atoms with Crippen LogP contribution in [-0.4, -0.2) is 18.5 Å². The minimum absolute atomic E-state index is 0.127. The molecule has 0 amide bonds. The Morgan fingerprint density at radius 1 is 0.649 bits per heavy atom. The molecule has 0 radical (unpaired) electrons. The molecule has 0 unspecified atom stereocenters. The van der Waals surface area contributed by atoms with Crippen molar-refractivity contribution < 1.29 is 32.6 Å². The smallest absolute Gasteiger partial charge is 0.347 e. The van der Waals surface area contributed by atoms with Gasteiger partial charge in [0, 0.05) is 0 Å². The third-order valence-corrected chi connectivity index (χ3v) is 5.74. The Labute approximate surface area is 216 Å². The van der Waals surface area contributed by atoms with Crippen LogP contribution >= 0.6 is 0 Å². The molecular formula is C30H32F2O5. The summed E-state index contributed by atoms with van der Waals surface area (Å²) in [6.45, 7) is 2.56. The number of benzene rings is 3. The van der Waals surface area contributed by atoms with Gasteiger partial charge in [-0.05, 0) is 73.2 Å². The molecule has 3 rings (SSSR count). The molecule has 0 spiro atoms. The van der Waals surface area contributed by atoms with Crippen LogP contribution in [0.1, 0.15) is 79.0 Å². The molecule has 0 atom stereocenters. The first kappa shape index (κ1) is 27.8. The number of rotatable bonds is 14. The average molecular weight is 511 g/mol. The number of carbonyl (C=O) groups excluding carboxylic acids is 2. The zero-order valence-electron chi connectivity index (χ0n) is 21.0. The van der Waals surface area contributed by atoms with E-state index in [1.54, 1.807) is 0 Å². The fraction of sp³-hybridized carbons (Fsp3) is 0.333. The van der Waals surface area contributed by atoms with Crippen LogP contribution in [0, 0.1) is 11.6 Å². The van der Waals surface area contributed by atoms with Gasteiger partial charge in [-0.3, -0.25) is 0 Å². The Bertz CT molecular complexity index is 1140. The highest BCUT2D eigenvalue weighted by molar-refractivity contribution is 5.97. The molecule has 0 saturated carbocycles. The third kappa shape index (κ3) is 9.33. The standard InChI is InChI=1S/C30H32F2O5/c1-2-3-4-5-6-7-8-9-20-35-28-21-22(29(33)36-25-15-11-23(31)12-16-25)10-19-27(28)30(34)37-26-17-13-24(32)14-18-26/h10-19,21H,2-9,20H2,1H3. The zero-order chi connectivity index (χ0) is 26.5. The Morgan fingerprint density at radius 3 is 1.73 bits per heavy atom. The monoisotopic (exact) mass is 510 g/mol. The van der Waals surface area contributed by atoms with Gasteiger partial charge in [0.05, 0.1) is 12.2 Å². The van der Waals surface area contributed by atoms with E-state index in [-0.39, 0.29) is 28.4 Å². The molecule has 0 bridgehead atoms. The highest BCUT2D eigenvalue weighted by Crippen LogP contribution is 2.25. The van der Waals surface area contributed by atoms with Gasteiger partial charge in [0.15, 0.2) is 0 Å². The van der Waals surface area contributed by atoms with Gasteiger partial charge >= 0.3 is 11.9 Å². The van der Waals surface area contributed by atoms with Gasteiger partial charge in [0.1, 0.15) is 34.4 Å². The lowest BCUT2D eigenvalue weighted by Gasteiger charge is -2.13. The fourth-order valence-electron chi connectivity index (χ4n) is 3.69. The third-order valence-electron chi connectivity index (χ3n) is 5.74. The topological polar surface area (TPSA) is 61.8 Å². The number of unbranched alkanes of at least 4 members (excludes halogenated alkanes) is 7. The SMILES string of the molecule is CCCCCCCCCCOc1cc(C(=O)Oc2ccc(F)cc2)ccc1C(=O)Oc1ccc(F)cc1. The van der Waals surface area contributed by atoms with Gasteiger partial charge in [-0.1, -0.05) is 51.9 Å². The quantitative estimate of drug-likeness (QED) is 0.125. The van der Waals surface area contributed by atoms with E-state index in [4.69, 9.17) is 14.2 Å². The highest BCUT2D eigenvalue weighted by Gasteiger charge is 2.19. The van der Waals surface area contributed by atoms with E-state index in [1.807, 2.05) is 0 Å². The predicted molar refractivity (Wildman–Crippen MR) is 137 cm³/mol. The molecule has 0 aliphatic carbocycles. The van der Waals surface area contributed by atoms with Crippen molar-refractivity contribution in [2.45, 2.75) is 58.3 Å². The first-order chi connectivity index (χ1) is 18.0. The van der Waals surface area contributed by atoms with Crippen molar-refractivity contribution in [2.75, 3.05) is 6.61 Å². The molecule has 7 heteroatoms. The predicted octanol–water partition coefficient (Wildman–Crippen LogP) is 7.92. The minimum Gasteiger partial charge on any atom is -0.493 e. The molecular weight excluding hydrogens is 478 g/mol. The van der Waals surface area contributed by atoms with E-state index in [2.05, 4.69) is 6.92 Å². The van der Waals surface area contributed by atoms with Crippen LogP contribution in [-0.2, 0) is 0 Å². The Kier molecular flexibility index (Phi) is 11.1. The van der Waals surface area contributed by atoms with Crippen LogP contribution in [0.15, 0.2) is 66.7 Å². The first-order valence-corrected chi connectivity index (χ1v) is 12.7. The van der Waals surface area contributed by atoms with Gasteiger partial charge in [0.2, 0.25) is 0 Å². The van der Waals surface area contributed by atoms with Crippen molar-refractivity contribution in [3.63, 3.8) is 0 Å². The van der Waals surface area contributed by atoms with Crippen LogP contribution in [0.2, 0.25) is 0 Å². The molecule has 0 aliphatic heterocycles. The number of halogens is 2. The summed E-state index contributed by atoms with van der Waals surface area (Å²) < 4.78 is 42.9. The van der Waals surface area contributed by atoms with Gasteiger partial charge in [0.25, 0.3) is 0 Å². The summed E-state index contributed by atoms with van der Waals surface area (Å²) >= 11 is 0. The van der Waals surface area contributed by atoms with E-state index < -0.39 is 23.6 Å². The maximum Gasteiger partial charge on any atom is 0.347 e. The number of carbonyl (C=O) groups is 2. The second-order valence-electron chi connectivity index (χ2n) is 8.72. The molecule has 196 valence electrons. The van der Waals surface area contributed by atoms with Gasteiger partial charge in [-0.25, -0.2) is 18.4 Å².